The fourth-order valence-electron chi connectivity index (χ4n) is 5.27. The molecule has 0 saturated carbocycles. The first-order valence-electron chi connectivity index (χ1n) is 16.2. The number of aromatic nitrogens is 1. The van der Waals surface area contributed by atoms with E-state index in [4.69, 9.17) is 4.98 Å². The monoisotopic (exact) mass is 829 g/mol. The molecule has 0 aliphatic carbocycles. The van der Waals surface area contributed by atoms with Crippen LogP contribution < -0.4 is 5.19 Å². The summed E-state index contributed by atoms with van der Waals surface area (Å²) in [5.41, 5.74) is 2.83. The molecule has 0 spiro atoms. The van der Waals surface area contributed by atoms with Crippen LogP contribution in [0.5, 0.6) is 0 Å². The van der Waals surface area contributed by atoms with Crippen LogP contribution in [0, 0.1) is 16.9 Å². The Morgan fingerprint density at radius 3 is 2.20 bits per heavy atom. The zero-order chi connectivity index (χ0) is 33.3. The molecule has 0 saturated heterocycles. The fourth-order valence-corrected chi connectivity index (χ4v) is 8.87. The van der Waals surface area contributed by atoms with Crippen LogP contribution in [0.3, 0.4) is 0 Å². The Hall–Kier alpha value is -2.63. The fraction of sp³-hybridized carbons (Fsp3) is 0.400. The number of pyridine rings is 1. The molecule has 1 N–H and O–H groups in total. The number of carbonyl (C=O) groups is 1. The van der Waals surface area contributed by atoms with Gasteiger partial charge in [-0.3, -0.25) is 9.78 Å². The van der Waals surface area contributed by atoms with Gasteiger partial charge in [-0.05, 0) is 40.8 Å². The second kappa shape index (κ2) is 14.6. The summed E-state index contributed by atoms with van der Waals surface area (Å²) in [6.07, 6.45) is 4.95. The molecule has 5 aromatic rings. The van der Waals surface area contributed by atoms with Gasteiger partial charge in [-0.2, -0.15) is 0 Å². The number of thiophene rings is 1. The smallest absolute Gasteiger partial charge is 0.164 e. The number of carbonyl (C=O) groups excluding carboxylic acids is 1. The van der Waals surface area contributed by atoms with E-state index in [0.29, 0.717) is 5.92 Å². The number of aliphatic hydroxyl groups excluding tert-OH is 1. The van der Waals surface area contributed by atoms with Crippen molar-refractivity contribution >= 4 is 61.3 Å². The minimum atomic E-state index is -1.44. The van der Waals surface area contributed by atoms with Crippen molar-refractivity contribution in [3.8, 4) is 11.3 Å². The Morgan fingerprint density at radius 1 is 0.957 bits per heavy atom. The summed E-state index contributed by atoms with van der Waals surface area (Å²) in [7, 11) is -1.44. The Balaban J connectivity index is 0.000000309. The van der Waals surface area contributed by atoms with Gasteiger partial charge < -0.3 is 5.11 Å². The first-order chi connectivity index (χ1) is 21.0. The van der Waals surface area contributed by atoms with E-state index < -0.39 is 8.07 Å². The number of ketones is 1. The average Bonchev–Trinajstić information content (AvgIpc) is 3.39. The molecule has 0 fully saturated rings. The van der Waals surface area contributed by atoms with Crippen molar-refractivity contribution in [3.05, 3.63) is 84.3 Å². The number of nitrogens with zero attached hydrogens (tertiary/aromatic N) is 1. The van der Waals surface area contributed by atoms with Crippen LogP contribution in [0.4, 0.5) is 0 Å². The quantitative estimate of drug-likeness (QED) is 0.0734. The average molecular weight is 829 g/mol. The number of fused-ring (bicyclic) bond motifs is 4. The van der Waals surface area contributed by atoms with Crippen LogP contribution in [0.1, 0.15) is 79.7 Å². The van der Waals surface area contributed by atoms with E-state index >= 15 is 0 Å². The van der Waals surface area contributed by atoms with E-state index in [9.17, 15) is 9.90 Å². The maximum atomic E-state index is 11.8. The first kappa shape index (κ1) is 37.8. The summed E-state index contributed by atoms with van der Waals surface area (Å²) in [5.74, 6) is 0.640. The van der Waals surface area contributed by atoms with Crippen molar-refractivity contribution in [2.45, 2.75) is 93.8 Å². The van der Waals surface area contributed by atoms with Gasteiger partial charge in [-0.25, -0.2) is 0 Å². The largest absolute Gasteiger partial charge is 0.512 e. The van der Waals surface area contributed by atoms with Gasteiger partial charge in [0.25, 0.3) is 0 Å². The second-order valence-corrected chi connectivity index (χ2v) is 20.9. The third-order valence-corrected chi connectivity index (χ3v) is 12.7. The summed E-state index contributed by atoms with van der Waals surface area (Å²) in [4.78, 5) is 16.7. The number of hydrogen-bond donors (Lipinski definition) is 1. The van der Waals surface area contributed by atoms with Gasteiger partial charge in [0.05, 0.1) is 8.07 Å². The van der Waals surface area contributed by atoms with Crippen molar-refractivity contribution in [3.63, 3.8) is 0 Å². The van der Waals surface area contributed by atoms with Crippen LogP contribution in [-0.2, 0) is 24.9 Å². The summed E-state index contributed by atoms with van der Waals surface area (Å²) >= 11 is 1.92. The molecule has 0 aliphatic rings. The van der Waals surface area contributed by atoms with Gasteiger partial charge in [0.1, 0.15) is 5.76 Å². The molecular formula is C40H50IrNO2SSi-. The molecule has 46 heavy (non-hydrogen) atoms. The van der Waals surface area contributed by atoms with E-state index in [1.807, 2.05) is 59.1 Å². The molecular weight excluding hydrogens is 779 g/mol. The van der Waals surface area contributed by atoms with Crippen LogP contribution in [0.2, 0.25) is 19.6 Å². The first-order valence-corrected chi connectivity index (χ1v) is 20.5. The SMILES string of the molecule is CC(C)c1cc(-c2nccc3sc4c([Si](C)(C)C)cccc4c23)[c-]c2ccccc12.CCC(C)(C)C(=O)/C=C(\O)C(C)(C)CC.[Ir]. The summed E-state index contributed by atoms with van der Waals surface area (Å²) in [6.45, 7) is 23.5. The minimum Gasteiger partial charge on any atom is -0.512 e. The number of hydrogen-bond acceptors (Lipinski definition) is 4. The molecule has 3 aromatic carbocycles. The second-order valence-electron chi connectivity index (χ2n) is 14.8. The number of allylic oxidation sites excluding steroid dienone is 2. The van der Waals surface area contributed by atoms with E-state index in [-0.39, 0.29) is 42.5 Å². The zero-order valence-electron chi connectivity index (χ0n) is 29.4. The van der Waals surface area contributed by atoms with Crippen molar-refractivity contribution in [2.24, 2.45) is 10.8 Å². The van der Waals surface area contributed by atoms with Crippen LogP contribution >= 0.6 is 11.3 Å². The van der Waals surface area contributed by atoms with Gasteiger partial charge in [0, 0.05) is 58.3 Å². The van der Waals surface area contributed by atoms with Crippen LogP contribution in [0.25, 0.3) is 42.2 Å². The van der Waals surface area contributed by atoms with Crippen molar-refractivity contribution in [1.29, 1.82) is 0 Å². The Kier molecular flexibility index (Phi) is 12.0. The van der Waals surface area contributed by atoms with E-state index in [0.717, 1.165) is 24.1 Å². The molecule has 2 aromatic heterocycles. The molecule has 1 radical (unpaired) electrons. The topological polar surface area (TPSA) is 50.2 Å². The van der Waals surface area contributed by atoms with E-state index in [1.54, 1.807) is 0 Å². The number of benzene rings is 3. The third kappa shape index (κ3) is 7.90. The third-order valence-electron chi connectivity index (χ3n) is 9.30. The summed E-state index contributed by atoms with van der Waals surface area (Å²) in [6, 6.07) is 23.6. The molecule has 6 heteroatoms. The molecule has 5 rings (SSSR count). The molecule has 2 heterocycles. The molecule has 0 amide bonds. The standard InChI is InChI=1S/C27H26NSSi.C13H24O2.Ir/c1-17(2)22-16-19(15-18-9-6-7-10-20(18)22)26-25-21-11-8-12-24(30(3,4)5)27(21)29-23(25)13-14-28-26;1-7-12(3,4)10(14)9-11(15)13(5,6)8-2;/h6-14,16-17H,1-5H3;9,14H,7-8H2,1-6H3;/q-1;;/b;10-9-;. The van der Waals surface area contributed by atoms with Crippen molar-refractivity contribution in [1.82, 2.24) is 4.98 Å². The molecule has 0 bridgehead atoms. The Labute approximate surface area is 294 Å². The molecule has 0 unspecified atom stereocenters. The molecule has 3 nitrogen and oxygen atoms in total. The summed E-state index contributed by atoms with van der Waals surface area (Å²) in [5, 5.41) is 16.5. The number of aliphatic hydroxyl groups is 1. The molecule has 247 valence electrons. The number of rotatable bonds is 8. The van der Waals surface area contributed by atoms with Crippen molar-refractivity contribution < 1.29 is 30.0 Å². The predicted octanol–water partition coefficient (Wildman–Crippen LogP) is 11.6. The van der Waals surface area contributed by atoms with Gasteiger partial charge >= 0.3 is 0 Å². The van der Waals surface area contributed by atoms with Gasteiger partial charge in [-0.15, -0.1) is 40.5 Å². The minimum absolute atomic E-state index is 0. The van der Waals surface area contributed by atoms with Gasteiger partial charge in [0.15, 0.2) is 5.78 Å². The normalized spacial score (nSPS) is 12.7. The predicted molar refractivity (Wildman–Crippen MR) is 200 cm³/mol. The zero-order valence-corrected chi connectivity index (χ0v) is 33.6. The summed E-state index contributed by atoms with van der Waals surface area (Å²) < 4.78 is 2.75. The van der Waals surface area contributed by atoms with Crippen molar-refractivity contribution in [2.75, 3.05) is 0 Å². The van der Waals surface area contributed by atoms with E-state index in [2.05, 4.69) is 94.2 Å². The van der Waals surface area contributed by atoms with Crippen LogP contribution in [0.15, 0.2) is 72.6 Å². The van der Waals surface area contributed by atoms with Gasteiger partial charge in [0.2, 0.25) is 0 Å². The van der Waals surface area contributed by atoms with Crippen LogP contribution in [-0.4, -0.2) is 23.9 Å². The Bertz CT molecular complexity index is 1880. The van der Waals surface area contributed by atoms with Gasteiger partial charge in [-0.1, -0.05) is 122 Å². The maximum absolute atomic E-state index is 11.8. The Morgan fingerprint density at radius 2 is 1.59 bits per heavy atom. The molecule has 0 aliphatic heterocycles. The maximum Gasteiger partial charge on any atom is 0.164 e. The molecule has 0 atom stereocenters. The van der Waals surface area contributed by atoms with E-state index in [1.165, 1.54) is 47.8 Å².